The molecule has 1 amide bonds. The Balaban J connectivity index is 2.06. The van der Waals surface area contributed by atoms with E-state index in [0.717, 1.165) is 16.9 Å². The van der Waals surface area contributed by atoms with Gasteiger partial charge in [0.25, 0.3) is 10.0 Å². The molecule has 24 heavy (non-hydrogen) atoms. The number of hydrogen-bond acceptors (Lipinski definition) is 4. The van der Waals surface area contributed by atoms with Crippen molar-refractivity contribution in [2.75, 3.05) is 0 Å². The van der Waals surface area contributed by atoms with Gasteiger partial charge in [-0.25, -0.2) is 8.42 Å². The summed E-state index contributed by atoms with van der Waals surface area (Å²) < 4.78 is 27.3. The van der Waals surface area contributed by atoms with E-state index in [-0.39, 0.29) is 22.6 Å². The summed E-state index contributed by atoms with van der Waals surface area (Å²) in [6, 6.07) is 9.45. The van der Waals surface area contributed by atoms with Crippen LogP contribution in [0.5, 0.6) is 0 Å². The molecule has 1 atom stereocenters. The molecule has 1 aromatic carbocycles. The topological polar surface area (TPSA) is 75.3 Å². The average Bonchev–Trinajstić information content (AvgIpc) is 3.05. The molecule has 0 radical (unpaired) electrons. The predicted octanol–water partition coefficient (Wildman–Crippen LogP) is 3.02. The second kappa shape index (κ2) is 8.11. The fourth-order valence-corrected chi connectivity index (χ4v) is 4.65. The third kappa shape index (κ3) is 5.04. The summed E-state index contributed by atoms with van der Waals surface area (Å²) in [5.74, 6) is -0.566. The van der Waals surface area contributed by atoms with Gasteiger partial charge in [-0.05, 0) is 35.1 Å². The van der Waals surface area contributed by atoms with E-state index in [1.54, 1.807) is 43.5 Å². The highest BCUT2D eigenvalue weighted by molar-refractivity contribution is 7.91. The molecule has 0 aliphatic rings. The number of hydrogen-bond donors (Lipinski definition) is 2. The first-order valence-electron chi connectivity index (χ1n) is 7.37. The number of benzene rings is 1. The summed E-state index contributed by atoms with van der Waals surface area (Å²) in [6.07, 6.45) is 0. The zero-order valence-electron chi connectivity index (χ0n) is 13.3. The highest BCUT2D eigenvalue weighted by atomic mass is 35.5. The van der Waals surface area contributed by atoms with Gasteiger partial charge in [0.2, 0.25) is 5.91 Å². The first-order chi connectivity index (χ1) is 11.3. The van der Waals surface area contributed by atoms with Crippen molar-refractivity contribution in [3.8, 4) is 0 Å². The average molecular weight is 387 g/mol. The van der Waals surface area contributed by atoms with E-state index < -0.39 is 16.1 Å². The lowest BCUT2D eigenvalue weighted by Crippen LogP contribution is -2.49. The Morgan fingerprint density at radius 1 is 1.25 bits per heavy atom. The van der Waals surface area contributed by atoms with Crippen molar-refractivity contribution in [2.45, 2.75) is 30.6 Å². The van der Waals surface area contributed by atoms with Crippen LogP contribution >= 0.6 is 22.9 Å². The second-order valence-electron chi connectivity index (χ2n) is 5.62. The Bertz CT molecular complexity index is 789. The maximum Gasteiger partial charge on any atom is 0.250 e. The van der Waals surface area contributed by atoms with Crippen LogP contribution < -0.4 is 10.0 Å². The maximum absolute atomic E-state index is 12.4. The van der Waals surface area contributed by atoms with Gasteiger partial charge in [-0.1, -0.05) is 43.6 Å². The van der Waals surface area contributed by atoms with Gasteiger partial charge < -0.3 is 5.32 Å². The van der Waals surface area contributed by atoms with Crippen LogP contribution in [0.4, 0.5) is 0 Å². The third-order valence-electron chi connectivity index (χ3n) is 3.35. The van der Waals surface area contributed by atoms with Crippen LogP contribution in [0, 0.1) is 5.92 Å². The number of nitrogens with one attached hydrogen (secondary N) is 2. The smallest absolute Gasteiger partial charge is 0.250 e. The van der Waals surface area contributed by atoms with Crippen molar-refractivity contribution < 1.29 is 13.2 Å². The molecule has 0 saturated carbocycles. The summed E-state index contributed by atoms with van der Waals surface area (Å²) in [4.78, 5) is 12.4. The first kappa shape index (κ1) is 18.9. The van der Waals surface area contributed by atoms with Crippen molar-refractivity contribution in [1.29, 1.82) is 0 Å². The number of carbonyl (C=O) groups is 1. The summed E-state index contributed by atoms with van der Waals surface area (Å²) in [7, 11) is -3.71. The number of halogens is 1. The van der Waals surface area contributed by atoms with Gasteiger partial charge >= 0.3 is 0 Å². The molecule has 0 spiro atoms. The number of thiophene rings is 1. The zero-order valence-corrected chi connectivity index (χ0v) is 15.7. The van der Waals surface area contributed by atoms with Crippen molar-refractivity contribution in [2.24, 2.45) is 5.92 Å². The molecule has 130 valence electrons. The van der Waals surface area contributed by atoms with Crippen LogP contribution in [-0.4, -0.2) is 20.4 Å². The molecule has 2 N–H and O–H groups in total. The molecule has 0 aliphatic heterocycles. The fraction of sp³-hybridized carbons (Fsp3) is 0.312. The van der Waals surface area contributed by atoms with Crippen molar-refractivity contribution in [3.63, 3.8) is 0 Å². The Labute approximate surface area is 151 Å². The standard InChI is InChI=1S/C16H19ClN2O3S2/c1-11(2)15(19-24(21,22)14-7-4-8-23-14)16(20)18-10-12-5-3-6-13(17)9-12/h3-9,11,15,19H,10H2,1-2H3,(H,18,20)/t15-/m0/s1. The minimum Gasteiger partial charge on any atom is -0.351 e. The number of sulfonamides is 1. The fourth-order valence-electron chi connectivity index (χ4n) is 2.08. The van der Waals surface area contributed by atoms with E-state index >= 15 is 0 Å². The van der Waals surface area contributed by atoms with Crippen LogP contribution in [0.1, 0.15) is 19.4 Å². The zero-order chi connectivity index (χ0) is 17.7. The summed E-state index contributed by atoms with van der Waals surface area (Å²) in [5.41, 5.74) is 0.847. The number of amides is 1. The SMILES string of the molecule is CC(C)[C@H](NS(=O)(=O)c1cccs1)C(=O)NCc1cccc(Cl)c1. The van der Waals surface area contributed by atoms with Crippen LogP contribution in [0.15, 0.2) is 46.0 Å². The predicted molar refractivity (Wildman–Crippen MR) is 96.6 cm³/mol. The van der Waals surface area contributed by atoms with Crippen LogP contribution in [0.3, 0.4) is 0 Å². The molecule has 0 saturated heterocycles. The van der Waals surface area contributed by atoms with Crippen LogP contribution in [0.2, 0.25) is 5.02 Å². The molecule has 2 aromatic rings. The lowest BCUT2D eigenvalue weighted by molar-refractivity contribution is -0.123. The van der Waals surface area contributed by atoms with Crippen molar-refractivity contribution in [1.82, 2.24) is 10.0 Å². The lowest BCUT2D eigenvalue weighted by Gasteiger charge is -2.21. The molecule has 1 heterocycles. The van der Waals surface area contributed by atoms with E-state index in [9.17, 15) is 13.2 Å². The molecular formula is C16H19ClN2O3S2. The normalized spacial score (nSPS) is 13.0. The Morgan fingerprint density at radius 3 is 2.58 bits per heavy atom. The van der Waals surface area contributed by atoms with Gasteiger partial charge in [-0.2, -0.15) is 4.72 Å². The van der Waals surface area contributed by atoms with Gasteiger partial charge in [0.1, 0.15) is 10.3 Å². The van der Waals surface area contributed by atoms with E-state index in [4.69, 9.17) is 11.6 Å². The Kier molecular flexibility index (Phi) is 6.40. The molecule has 0 fully saturated rings. The highest BCUT2D eigenvalue weighted by Crippen LogP contribution is 2.17. The van der Waals surface area contributed by atoms with Crippen LogP contribution in [-0.2, 0) is 21.4 Å². The van der Waals surface area contributed by atoms with Crippen LogP contribution in [0.25, 0.3) is 0 Å². The van der Waals surface area contributed by atoms with E-state index in [1.165, 1.54) is 6.07 Å². The molecular weight excluding hydrogens is 368 g/mol. The molecule has 2 rings (SSSR count). The van der Waals surface area contributed by atoms with E-state index in [2.05, 4.69) is 10.0 Å². The van der Waals surface area contributed by atoms with Crippen molar-refractivity contribution in [3.05, 3.63) is 52.4 Å². The quantitative estimate of drug-likeness (QED) is 0.768. The monoisotopic (exact) mass is 386 g/mol. The van der Waals surface area contributed by atoms with Gasteiger partial charge in [-0.3, -0.25) is 4.79 Å². The molecule has 0 bridgehead atoms. The summed E-state index contributed by atoms with van der Waals surface area (Å²) >= 11 is 7.02. The summed E-state index contributed by atoms with van der Waals surface area (Å²) in [6.45, 7) is 3.87. The van der Waals surface area contributed by atoms with E-state index in [0.29, 0.717) is 5.02 Å². The summed E-state index contributed by atoms with van der Waals surface area (Å²) in [5, 5.41) is 5.02. The molecule has 0 aliphatic carbocycles. The maximum atomic E-state index is 12.4. The van der Waals surface area contributed by atoms with Gasteiger partial charge in [0.05, 0.1) is 0 Å². The first-order valence-corrected chi connectivity index (χ1v) is 10.1. The van der Waals surface area contributed by atoms with Gasteiger partial charge in [-0.15, -0.1) is 11.3 Å². The number of rotatable bonds is 7. The molecule has 5 nitrogen and oxygen atoms in total. The van der Waals surface area contributed by atoms with E-state index in [1.807, 2.05) is 6.07 Å². The van der Waals surface area contributed by atoms with Gasteiger partial charge in [0.15, 0.2) is 0 Å². The Morgan fingerprint density at radius 2 is 2.00 bits per heavy atom. The molecule has 0 unspecified atom stereocenters. The van der Waals surface area contributed by atoms with Gasteiger partial charge in [0, 0.05) is 11.6 Å². The Hall–Kier alpha value is -1.41. The molecule has 1 aromatic heterocycles. The number of carbonyl (C=O) groups excluding carboxylic acids is 1. The lowest BCUT2D eigenvalue weighted by atomic mass is 10.0. The minimum absolute atomic E-state index is 0.191. The second-order valence-corrected chi connectivity index (χ2v) is 8.95. The van der Waals surface area contributed by atoms with Crippen molar-refractivity contribution >= 4 is 38.9 Å². The molecule has 8 heteroatoms. The minimum atomic E-state index is -3.71. The largest absolute Gasteiger partial charge is 0.351 e. The third-order valence-corrected chi connectivity index (χ3v) is 6.42. The highest BCUT2D eigenvalue weighted by Gasteiger charge is 2.28.